The Morgan fingerprint density at radius 1 is 1.25 bits per heavy atom. The van der Waals surface area contributed by atoms with Gasteiger partial charge >= 0.3 is 0 Å². The SMILES string of the molecule is CCC(C)CC(C)Nc1cc(C)nc2ccc(N)cc12. The van der Waals surface area contributed by atoms with Gasteiger partial charge in [0.05, 0.1) is 5.52 Å². The molecule has 0 spiro atoms. The first-order chi connectivity index (χ1) is 9.49. The molecule has 108 valence electrons. The molecule has 0 radical (unpaired) electrons. The Kier molecular flexibility index (Phi) is 4.48. The summed E-state index contributed by atoms with van der Waals surface area (Å²) in [5.41, 5.74) is 9.85. The van der Waals surface area contributed by atoms with Gasteiger partial charge in [0.15, 0.2) is 0 Å². The van der Waals surface area contributed by atoms with E-state index in [4.69, 9.17) is 5.73 Å². The highest BCUT2D eigenvalue weighted by atomic mass is 14.9. The van der Waals surface area contributed by atoms with Gasteiger partial charge in [-0.2, -0.15) is 0 Å². The Hall–Kier alpha value is -1.77. The second kappa shape index (κ2) is 6.12. The summed E-state index contributed by atoms with van der Waals surface area (Å²) < 4.78 is 0. The minimum absolute atomic E-state index is 0.441. The third kappa shape index (κ3) is 3.41. The molecule has 0 bridgehead atoms. The van der Waals surface area contributed by atoms with Gasteiger partial charge < -0.3 is 11.1 Å². The first-order valence-electron chi connectivity index (χ1n) is 7.43. The Morgan fingerprint density at radius 2 is 2.00 bits per heavy atom. The maximum atomic E-state index is 5.91. The average molecular weight is 271 g/mol. The second-order valence-corrected chi connectivity index (χ2v) is 5.88. The van der Waals surface area contributed by atoms with Gasteiger partial charge in [0.1, 0.15) is 0 Å². The fourth-order valence-electron chi connectivity index (χ4n) is 2.59. The number of nitrogens with two attached hydrogens (primary N) is 1. The maximum Gasteiger partial charge on any atom is 0.0727 e. The fourth-order valence-corrected chi connectivity index (χ4v) is 2.59. The summed E-state index contributed by atoms with van der Waals surface area (Å²) in [6.45, 7) is 8.80. The topological polar surface area (TPSA) is 50.9 Å². The van der Waals surface area contributed by atoms with Gasteiger partial charge in [0.25, 0.3) is 0 Å². The molecule has 2 atom stereocenters. The summed E-state index contributed by atoms with van der Waals surface area (Å²) in [4.78, 5) is 4.57. The smallest absolute Gasteiger partial charge is 0.0727 e. The zero-order chi connectivity index (χ0) is 14.7. The number of fused-ring (bicyclic) bond motifs is 1. The number of hydrogen-bond donors (Lipinski definition) is 2. The van der Waals surface area contributed by atoms with E-state index in [1.165, 1.54) is 12.8 Å². The van der Waals surface area contributed by atoms with Crippen molar-refractivity contribution in [1.82, 2.24) is 4.98 Å². The minimum Gasteiger partial charge on any atom is -0.399 e. The number of nitrogen functional groups attached to an aromatic ring is 1. The van der Waals surface area contributed by atoms with Crippen LogP contribution < -0.4 is 11.1 Å². The second-order valence-electron chi connectivity index (χ2n) is 5.88. The monoisotopic (exact) mass is 271 g/mol. The molecule has 3 N–H and O–H groups in total. The average Bonchev–Trinajstić information content (AvgIpc) is 2.39. The number of aromatic nitrogens is 1. The molecule has 3 nitrogen and oxygen atoms in total. The highest BCUT2D eigenvalue weighted by molar-refractivity contribution is 5.93. The summed E-state index contributed by atoms with van der Waals surface area (Å²) in [5.74, 6) is 0.733. The molecule has 0 aliphatic heterocycles. The molecule has 0 aliphatic rings. The van der Waals surface area contributed by atoms with Crippen molar-refractivity contribution in [2.45, 2.75) is 46.6 Å². The highest BCUT2D eigenvalue weighted by Crippen LogP contribution is 2.26. The quantitative estimate of drug-likeness (QED) is 0.794. The number of aryl methyl sites for hydroxylation is 1. The maximum absolute atomic E-state index is 5.91. The molecule has 2 unspecified atom stereocenters. The number of nitrogens with zero attached hydrogens (tertiary/aromatic N) is 1. The van der Waals surface area contributed by atoms with Crippen molar-refractivity contribution < 1.29 is 0 Å². The molecule has 0 fully saturated rings. The van der Waals surface area contributed by atoms with Crippen molar-refractivity contribution in [2.75, 3.05) is 11.1 Å². The number of pyridine rings is 1. The number of nitrogens with one attached hydrogen (secondary N) is 1. The number of rotatable bonds is 5. The van der Waals surface area contributed by atoms with E-state index in [1.807, 2.05) is 25.1 Å². The van der Waals surface area contributed by atoms with Gasteiger partial charge in [-0.25, -0.2) is 0 Å². The fraction of sp³-hybridized carbons (Fsp3) is 0.471. The highest BCUT2D eigenvalue weighted by Gasteiger charge is 2.10. The van der Waals surface area contributed by atoms with Crippen molar-refractivity contribution in [1.29, 1.82) is 0 Å². The zero-order valence-electron chi connectivity index (χ0n) is 12.9. The van der Waals surface area contributed by atoms with Crippen molar-refractivity contribution in [3.63, 3.8) is 0 Å². The van der Waals surface area contributed by atoms with Gasteiger partial charge in [-0.1, -0.05) is 20.3 Å². The lowest BCUT2D eigenvalue weighted by atomic mass is 10.00. The van der Waals surface area contributed by atoms with Gasteiger partial charge in [0, 0.05) is 28.5 Å². The van der Waals surface area contributed by atoms with Crippen LogP contribution in [0.25, 0.3) is 10.9 Å². The molecule has 1 aromatic carbocycles. The first-order valence-corrected chi connectivity index (χ1v) is 7.43. The summed E-state index contributed by atoms with van der Waals surface area (Å²) in [6.07, 6.45) is 2.39. The van der Waals surface area contributed by atoms with E-state index in [0.29, 0.717) is 6.04 Å². The lowest BCUT2D eigenvalue weighted by Crippen LogP contribution is -2.18. The molecule has 3 heteroatoms. The molecule has 0 saturated heterocycles. The van der Waals surface area contributed by atoms with E-state index in [2.05, 4.69) is 37.1 Å². The van der Waals surface area contributed by atoms with Crippen LogP contribution >= 0.6 is 0 Å². The van der Waals surface area contributed by atoms with E-state index >= 15 is 0 Å². The van der Waals surface area contributed by atoms with Crippen LogP contribution in [0.15, 0.2) is 24.3 Å². The molecule has 0 amide bonds. The van der Waals surface area contributed by atoms with Gasteiger partial charge in [-0.3, -0.25) is 4.98 Å². The van der Waals surface area contributed by atoms with E-state index in [0.717, 1.165) is 33.9 Å². The lowest BCUT2D eigenvalue weighted by Gasteiger charge is -2.20. The standard InChI is InChI=1S/C17H25N3/c1-5-11(2)8-12(3)20-17-9-13(4)19-16-7-6-14(18)10-15(16)17/h6-7,9-12H,5,8,18H2,1-4H3,(H,19,20). The molecular weight excluding hydrogens is 246 g/mol. The molecule has 1 heterocycles. The Labute approximate surface area is 121 Å². The van der Waals surface area contributed by atoms with Crippen LogP contribution in [0, 0.1) is 12.8 Å². The van der Waals surface area contributed by atoms with E-state index in [1.54, 1.807) is 0 Å². The Bertz CT molecular complexity index is 592. The number of hydrogen-bond acceptors (Lipinski definition) is 3. The lowest BCUT2D eigenvalue weighted by molar-refractivity contribution is 0.484. The number of anilines is 2. The van der Waals surface area contributed by atoms with Crippen LogP contribution in [-0.2, 0) is 0 Å². The van der Waals surface area contributed by atoms with Gasteiger partial charge in [-0.15, -0.1) is 0 Å². The van der Waals surface area contributed by atoms with Crippen LogP contribution in [0.5, 0.6) is 0 Å². The van der Waals surface area contributed by atoms with Crippen molar-refractivity contribution in [2.24, 2.45) is 5.92 Å². The van der Waals surface area contributed by atoms with E-state index in [-0.39, 0.29) is 0 Å². The van der Waals surface area contributed by atoms with Crippen LogP contribution in [0.2, 0.25) is 0 Å². The normalized spacial score (nSPS) is 14.2. The van der Waals surface area contributed by atoms with Crippen molar-refractivity contribution in [3.05, 3.63) is 30.0 Å². The molecule has 1 aromatic heterocycles. The number of benzene rings is 1. The third-order valence-corrected chi connectivity index (χ3v) is 3.82. The molecule has 2 aromatic rings. The van der Waals surface area contributed by atoms with Crippen molar-refractivity contribution >= 4 is 22.3 Å². The largest absolute Gasteiger partial charge is 0.399 e. The van der Waals surface area contributed by atoms with Gasteiger partial charge in [0.2, 0.25) is 0 Å². The van der Waals surface area contributed by atoms with Crippen LogP contribution in [0.3, 0.4) is 0 Å². The summed E-state index contributed by atoms with van der Waals surface area (Å²) >= 11 is 0. The molecule has 20 heavy (non-hydrogen) atoms. The summed E-state index contributed by atoms with van der Waals surface area (Å²) in [7, 11) is 0. The Morgan fingerprint density at radius 3 is 2.70 bits per heavy atom. The molecular formula is C17H25N3. The molecule has 0 saturated carbocycles. The molecule has 2 rings (SSSR count). The molecule has 0 aliphatic carbocycles. The predicted molar refractivity (Wildman–Crippen MR) is 88.0 cm³/mol. The Balaban J connectivity index is 2.30. The minimum atomic E-state index is 0.441. The van der Waals surface area contributed by atoms with Gasteiger partial charge in [-0.05, 0) is 50.5 Å². The van der Waals surface area contributed by atoms with Crippen LogP contribution in [-0.4, -0.2) is 11.0 Å². The third-order valence-electron chi connectivity index (χ3n) is 3.82. The van der Waals surface area contributed by atoms with Crippen LogP contribution in [0.1, 0.15) is 39.3 Å². The first kappa shape index (κ1) is 14.6. The van der Waals surface area contributed by atoms with Crippen molar-refractivity contribution in [3.8, 4) is 0 Å². The summed E-state index contributed by atoms with van der Waals surface area (Å²) in [6, 6.07) is 8.44. The zero-order valence-corrected chi connectivity index (χ0v) is 12.9. The predicted octanol–water partition coefficient (Wildman–Crippen LogP) is 4.36. The van der Waals surface area contributed by atoms with E-state index in [9.17, 15) is 0 Å². The van der Waals surface area contributed by atoms with E-state index < -0.39 is 0 Å². The summed E-state index contributed by atoms with van der Waals surface area (Å²) in [5, 5.41) is 4.73. The van der Waals surface area contributed by atoms with Crippen LogP contribution in [0.4, 0.5) is 11.4 Å².